The summed E-state index contributed by atoms with van der Waals surface area (Å²) < 4.78 is 5.46. The highest BCUT2D eigenvalue weighted by Crippen LogP contribution is 2.36. The second-order valence-corrected chi connectivity index (χ2v) is 9.43. The molecule has 0 radical (unpaired) electrons. The predicted molar refractivity (Wildman–Crippen MR) is 131 cm³/mol. The lowest BCUT2D eigenvalue weighted by Crippen LogP contribution is -2.29. The van der Waals surface area contributed by atoms with Gasteiger partial charge in [-0.3, -0.25) is 9.59 Å². The molecule has 0 spiro atoms. The molecule has 8 nitrogen and oxygen atoms in total. The number of nitrogens with one attached hydrogen (secondary N) is 4. The quantitative estimate of drug-likeness (QED) is 0.304. The average molecular weight is 463 g/mol. The largest absolute Gasteiger partial charge is 0.456 e. The van der Waals surface area contributed by atoms with Crippen LogP contribution in [0, 0.1) is 0 Å². The van der Waals surface area contributed by atoms with Gasteiger partial charge < -0.3 is 26.0 Å². The van der Waals surface area contributed by atoms with Crippen molar-refractivity contribution < 1.29 is 19.1 Å². The van der Waals surface area contributed by atoms with Crippen LogP contribution in [0.3, 0.4) is 0 Å². The maximum Gasteiger partial charge on any atom is 0.338 e. The molecule has 4 N–H and O–H groups in total. The predicted octanol–water partition coefficient (Wildman–Crippen LogP) is 4.01. The molecule has 0 bridgehead atoms. The molecule has 2 heterocycles. The Labute approximate surface area is 199 Å². The van der Waals surface area contributed by atoms with Gasteiger partial charge in [0.05, 0.1) is 11.1 Å². The zero-order valence-electron chi connectivity index (χ0n) is 19.9. The number of hydrogen-bond acceptors (Lipinski definition) is 6. The Bertz CT molecular complexity index is 1190. The summed E-state index contributed by atoms with van der Waals surface area (Å²) in [4.78, 5) is 37.7. The minimum absolute atomic E-state index is 0.162. The number of hydrogen-bond donors (Lipinski definition) is 4. The summed E-state index contributed by atoms with van der Waals surface area (Å²) in [5.74, 6) is -0.238. The second kappa shape index (κ2) is 9.21. The molecule has 2 aliphatic heterocycles. The monoisotopic (exact) mass is 462 g/mol. The van der Waals surface area contributed by atoms with Crippen LogP contribution in [0.5, 0.6) is 0 Å². The Balaban J connectivity index is 1.59. The Morgan fingerprint density at radius 1 is 1.03 bits per heavy atom. The minimum Gasteiger partial charge on any atom is -0.456 e. The van der Waals surface area contributed by atoms with E-state index >= 15 is 0 Å². The van der Waals surface area contributed by atoms with Crippen LogP contribution in [0.25, 0.3) is 5.57 Å². The topological polar surface area (TPSA) is 109 Å². The van der Waals surface area contributed by atoms with E-state index in [0.717, 1.165) is 24.1 Å². The van der Waals surface area contributed by atoms with Gasteiger partial charge in [-0.25, -0.2) is 4.79 Å². The van der Waals surface area contributed by atoms with Crippen molar-refractivity contribution in [2.24, 2.45) is 0 Å². The average Bonchev–Trinajstić information content (AvgIpc) is 3.12. The van der Waals surface area contributed by atoms with Gasteiger partial charge in [0.2, 0.25) is 0 Å². The van der Waals surface area contributed by atoms with E-state index in [0.29, 0.717) is 46.9 Å². The zero-order chi connectivity index (χ0) is 24.5. The molecular formula is C26H30N4O4. The van der Waals surface area contributed by atoms with Crippen LogP contribution in [0.4, 0.5) is 11.4 Å². The van der Waals surface area contributed by atoms with E-state index in [4.69, 9.17) is 4.74 Å². The van der Waals surface area contributed by atoms with Crippen molar-refractivity contribution in [1.29, 1.82) is 0 Å². The number of carbonyl (C=O) groups is 3. The Kier molecular flexibility index (Phi) is 6.32. The Morgan fingerprint density at radius 3 is 2.50 bits per heavy atom. The molecule has 2 aromatic carbocycles. The highest BCUT2D eigenvalue weighted by molar-refractivity contribution is 6.32. The van der Waals surface area contributed by atoms with Crippen LogP contribution in [0.15, 0.2) is 42.2 Å². The molecule has 2 amide bonds. The normalized spacial score (nSPS) is 16.5. The standard InChI is InChI=1S/C26H30N4O4/c1-5-6-11-27-23(31)15-7-10-20-18(13-15)21(24(32)30-20)22-28-14-17-12-16(8-9-19(17)29-22)25(33)34-26(2,3)4/h7-10,12-13,28-29H,5-6,11,14H2,1-4H3,(H,27,31)(H,30,32)/b22-21-. The van der Waals surface area contributed by atoms with Crippen LogP contribution in [-0.2, 0) is 16.1 Å². The first-order chi connectivity index (χ1) is 16.2. The van der Waals surface area contributed by atoms with Crippen molar-refractivity contribution in [3.05, 3.63) is 64.5 Å². The molecule has 0 fully saturated rings. The van der Waals surface area contributed by atoms with Crippen molar-refractivity contribution in [3.8, 4) is 0 Å². The number of benzene rings is 2. The number of rotatable bonds is 5. The summed E-state index contributed by atoms with van der Waals surface area (Å²) in [5, 5.41) is 12.3. The van der Waals surface area contributed by atoms with Crippen LogP contribution >= 0.6 is 0 Å². The number of anilines is 2. The number of esters is 1. The number of unbranched alkanes of at least 4 members (excludes halogenated alkanes) is 1. The van der Waals surface area contributed by atoms with E-state index in [2.05, 4.69) is 28.2 Å². The lowest BCUT2D eigenvalue weighted by molar-refractivity contribution is -0.110. The highest BCUT2D eigenvalue weighted by atomic mass is 16.6. The summed E-state index contributed by atoms with van der Waals surface area (Å²) in [5.41, 5.74) is 3.84. The fraction of sp³-hybridized carbons (Fsp3) is 0.346. The molecule has 0 atom stereocenters. The Morgan fingerprint density at radius 2 is 1.76 bits per heavy atom. The summed E-state index contributed by atoms with van der Waals surface area (Å²) in [6.07, 6.45) is 1.91. The molecule has 34 heavy (non-hydrogen) atoms. The van der Waals surface area contributed by atoms with Gasteiger partial charge >= 0.3 is 5.97 Å². The van der Waals surface area contributed by atoms with Gasteiger partial charge in [0, 0.05) is 35.6 Å². The van der Waals surface area contributed by atoms with Crippen LogP contribution in [0.2, 0.25) is 0 Å². The number of carbonyl (C=O) groups excluding carboxylic acids is 3. The van der Waals surface area contributed by atoms with Crippen LogP contribution < -0.4 is 21.3 Å². The van der Waals surface area contributed by atoms with Crippen molar-refractivity contribution in [1.82, 2.24) is 10.6 Å². The SMILES string of the molecule is CCCCNC(=O)c1ccc2c(c1)/C(=C1\NCc3cc(C(=O)OC(C)(C)C)ccc3N1)C(=O)N2. The molecule has 0 unspecified atom stereocenters. The first kappa shape index (κ1) is 23.4. The summed E-state index contributed by atoms with van der Waals surface area (Å²) in [6.45, 7) is 8.60. The zero-order valence-corrected chi connectivity index (χ0v) is 19.9. The van der Waals surface area contributed by atoms with Gasteiger partial charge in [-0.05, 0) is 69.2 Å². The van der Waals surface area contributed by atoms with E-state index in [9.17, 15) is 14.4 Å². The lowest BCUT2D eigenvalue weighted by atomic mass is 10.0. The number of amides is 2. The van der Waals surface area contributed by atoms with Gasteiger partial charge in [0.15, 0.2) is 0 Å². The molecule has 2 aliphatic rings. The highest BCUT2D eigenvalue weighted by Gasteiger charge is 2.30. The van der Waals surface area contributed by atoms with E-state index in [-0.39, 0.29) is 17.8 Å². The molecule has 8 heteroatoms. The molecule has 0 aliphatic carbocycles. The number of ether oxygens (including phenoxy) is 1. The maximum atomic E-state index is 12.8. The molecule has 2 aromatic rings. The molecular weight excluding hydrogens is 432 g/mol. The molecule has 178 valence electrons. The molecule has 0 saturated carbocycles. The lowest BCUT2D eigenvalue weighted by Gasteiger charge is -2.25. The van der Waals surface area contributed by atoms with E-state index < -0.39 is 5.60 Å². The smallest absolute Gasteiger partial charge is 0.338 e. The van der Waals surface area contributed by atoms with Gasteiger partial charge in [0.25, 0.3) is 11.8 Å². The fourth-order valence-corrected chi connectivity index (χ4v) is 3.88. The van der Waals surface area contributed by atoms with Crippen molar-refractivity contribution in [3.63, 3.8) is 0 Å². The molecule has 0 saturated heterocycles. The fourth-order valence-electron chi connectivity index (χ4n) is 3.88. The van der Waals surface area contributed by atoms with Gasteiger partial charge in [-0.2, -0.15) is 0 Å². The second-order valence-electron chi connectivity index (χ2n) is 9.43. The third-order valence-corrected chi connectivity index (χ3v) is 5.55. The van der Waals surface area contributed by atoms with Crippen molar-refractivity contribution >= 4 is 34.7 Å². The van der Waals surface area contributed by atoms with Crippen LogP contribution in [0.1, 0.15) is 72.4 Å². The van der Waals surface area contributed by atoms with Gasteiger partial charge in [0.1, 0.15) is 11.4 Å². The van der Waals surface area contributed by atoms with Gasteiger partial charge in [-0.15, -0.1) is 0 Å². The summed E-state index contributed by atoms with van der Waals surface area (Å²) >= 11 is 0. The third-order valence-electron chi connectivity index (χ3n) is 5.55. The first-order valence-corrected chi connectivity index (χ1v) is 11.5. The molecule has 4 rings (SSSR count). The minimum atomic E-state index is -0.573. The van der Waals surface area contributed by atoms with Crippen molar-refractivity contribution in [2.75, 3.05) is 17.2 Å². The van der Waals surface area contributed by atoms with Crippen molar-refractivity contribution in [2.45, 2.75) is 52.7 Å². The summed E-state index contributed by atoms with van der Waals surface area (Å²) in [7, 11) is 0. The molecule has 0 aromatic heterocycles. The van der Waals surface area contributed by atoms with E-state index in [1.807, 2.05) is 20.8 Å². The third kappa shape index (κ3) is 4.90. The first-order valence-electron chi connectivity index (χ1n) is 11.5. The van der Waals surface area contributed by atoms with Crippen LogP contribution in [-0.4, -0.2) is 29.9 Å². The number of fused-ring (bicyclic) bond motifs is 2. The van der Waals surface area contributed by atoms with E-state index in [1.54, 1.807) is 36.4 Å². The van der Waals surface area contributed by atoms with Gasteiger partial charge in [-0.1, -0.05) is 13.3 Å². The maximum absolute atomic E-state index is 12.8. The van der Waals surface area contributed by atoms with E-state index in [1.165, 1.54) is 0 Å². The summed E-state index contributed by atoms with van der Waals surface area (Å²) in [6, 6.07) is 10.5. The Hall–Kier alpha value is -3.81.